The van der Waals surface area contributed by atoms with Crippen LogP contribution in [0.3, 0.4) is 0 Å². The molecule has 1 N–H and O–H groups in total. The number of aliphatic hydroxyl groups excluding tert-OH is 1. The second-order valence-corrected chi connectivity index (χ2v) is 9.57. The molecule has 1 aromatic heterocycles. The number of ketones is 1. The van der Waals surface area contributed by atoms with Gasteiger partial charge in [0, 0.05) is 5.56 Å². The van der Waals surface area contributed by atoms with E-state index in [4.69, 9.17) is 14.2 Å². The molecule has 206 valence electrons. The lowest BCUT2D eigenvalue weighted by Gasteiger charge is -2.23. The van der Waals surface area contributed by atoms with E-state index < -0.39 is 23.7 Å². The van der Waals surface area contributed by atoms with Gasteiger partial charge in [0.05, 0.1) is 23.9 Å². The molecule has 10 heteroatoms. The van der Waals surface area contributed by atoms with Crippen LogP contribution in [0.15, 0.2) is 79.4 Å². The molecule has 1 atom stereocenters. The van der Waals surface area contributed by atoms with Crippen molar-refractivity contribution >= 4 is 39.9 Å². The van der Waals surface area contributed by atoms with E-state index >= 15 is 0 Å². The molecule has 1 aliphatic rings. The Balaban J connectivity index is 1.83. The number of hydrogen-bond acceptors (Lipinski definition) is 9. The van der Waals surface area contributed by atoms with Crippen molar-refractivity contribution in [3.05, 3.63) is 101 Å². The summed E-state index contributed by atoms with van der Waals surface area (Å²) in [4.78, 5) is 45.3. The largest absolute Gasteiger partial charge is 0.507 e. The van der Waals surface area contributed by atoms with E-state index in [0.29, 0.717) is 41.5 Å². The number of nitrogens with zero attached hydrogens (tertiary/aromatic N) is 2. The Kier molecular flexibility index (Phi) is 8.80. The third kappa shape index (κ3) is 5.67. The Morgan fingerprint density at radius 3 is 2.27 bits per heavy atom. The number of aryl methyl sites for hydroxylation is 1. The summed E-state index contributed by atoms with van der Waals surface area (Å²) < 4.78 is 16.2. The molecule has 2 aromatic carbocycles. The van der Waals surface area contributed by atoms with Crippen LogP contribution < -0.4 is 14.4 Å². The molecule has 0 spiro atoms. The predicted octanol–water partition coefficient (Wildman–Crippen LogP) is 5.38. The quantitative estimate of drug-likeness (QED) is 0.109. The number of carbonyl (C=O) groups is 3. The van der Waals surface area contributed by atoms with Gasteiger partial charge in [0.1, 0.15) is 35.3 Å². The summed E-state index contributed by atoms with van der Waals surface area (Å²) in [5.74, 6) is -1.58. The Labute approximate surface area is 235 Å². The summed E-state index contributed by atoms with van der Waals surface area (Å²) in [6.45, 7) is 11.4. The molecule has 4 rings (SSSR count). The highest BCUT2D eigenvalue weighted by Crippen LogP contribution is 2.44. The zero-order valence-corrected chi connectivity index (χ0v) is 22.9. The molecule has 1 amide bonds. The van der Waals surface area contributed by atoms with E-state index in [-0.39, 0.29) is 27.9 Å². The van der Waals surface area contributed by atoms with Crippen LogP contribution in [0.2, 0.25) is 0 Å². The number of anilines is 1. The summed E-state index contributed by atoms with van der Waals surface area (Å²) in [5.41, 5.74) is 1.09. The van der Waals surface area contributed by atoms with E-state index in [0.717, 1.165) is 11.3 Å². The van der Waals surface area contributed by atoms with Crippen molar-refractivity contribution in [1.29, 1.82) is 0 Å². The second-order valence-electron chi connectivity index (χ2n) is 8.59. The average molecular weight is 561 g/mol. The number of carbonyl (C=O) groups excluding carboxylic acids is 3. The van der Waals surface area contributed by atoms with Crippen molar-refractivity contribution < 1.29 is 33.7 Å². The van der Waals surface area contributed by atoms with Crippen LogP contribution in [-0.4, -0.2) is 47.6 Å². The van der Waals surface area contributed by atoms with Crippen molar-refractivity contribution in [3.63, 3.8) is 0 Å². The van der Waals surface area contributed by atoms with Gasteiger partial charge < -0.3 is 19.3 Å². The molecule has 1 unspecified atom stereocenters. The molecule has 9 nitrogen and oxygen atoms in total. The molecular weight excluding hydrogens is 532 g/mol. The van der Waals surface area contributed by atoms with Gasteiger partial charge in [0.15, 0.2) is 5.13 Å². The third-order valence-corrected chi connectivity index (χ3v) is 7.09. The minimum absolute atomic E-state index is 0.0135. The zero-order chi connectivity index (χ0) is 28.8. The van der Waals surface area contributed by atoms with Gasteiger partial charge in [-0.1, -0.05) is 48.8 Å². The molecule has 3 aromatic rings. The Morgan fingerprint density at radius 1 is 1.02 bits per heavy atom. The first-order valence-electron chi connectivity index (χ1n) is 12.4. The fourth-order valence-corrected chi connectivity index (χ4v) is 5.14. The molecule has 0 aliphatic carbocycles. The lowest BCUT2D eigenvalue weighted by atomic mass is 9.95. The zero-order valence-electron chi connectivity index (χ0n) is 22.1. The second kappa shape index (κ2) is 12.4. The van der Waals surface area contributed by atoms with Crippen molar-refractivity contribution in [1.82, 2.24) is 4.98 Å². The molecule has 40 heavy (non-hydrogen) atoms. The number of benzene rings is 2. The van der Waals surface area contributed by atoms with Gasteiger partial charge in [-0.05, 0) is 55.8 Å². The van der Waals surface area contributed by atoms with Gasteiger partial charge in [0.2, 0.25) is 0 Å². The number of thiazole rings is 1. The monoisotopic (exact) mass is 560 g/mol. The van der Waals surface area contributed by atoms with Gasteiger partial charge in [-0.2, -0.15) is 0 Å². The average Bonchev–Trinajstić information content (AvgIpc) is 3.47. The van der Waals surface area contributed by atoms with E-state index in [2.05, 4.69) is 18.1 Å². The van der Waals surface area contributed by atoms with Crippen molar-refractivity contribution in [2.45, 2.75) is 19.9 Å². The molecule has 1 fully saturated rings. The highest BCUT2D eigenvalue weighted by Gasteiger charge is 2.48. The first-order valence-corrected chi connectivity index (χ1v) is 13.3. The van der Waals surface area contributed by atoms with Gasteiger partial charge in [-0.3, -0.25) is 14.5 Å². The number of ether oxygens (including phenoxy) is 3. The predicted molar refractivity (Wildman–Crippen MR) is 152 cm³/mol. The topological polar surface area (TPSA) is 115 Å². The summed E-state index contributed by atoms with van der Waals surface area (Å²) in [6, 6.07) is 12.3. The number of Topliss-reactive ketones (excluding diaryl/α,β-unsaturated/α-hetero) is 1. The van der Waals surface area contributed by atoms with Crippen LogP contribution in [-0.2, 0) is 14.3 Å². The van der Waals surface area contributed by atoms with Gasteiger partial charge >= 0.3 is 11.9 Å². The molecule has 1 aliphatic heterocycles. The number of rotatable bonds is 11. The van der Waals surface area contributed by atoms with Crippen LogP contribution in [0.1, 0.15) is 39.5 Å². The highest BCUT2D eigenvalue weighted by atomic mass is 32.1. The van der Waals surface area contributed by atoms with Crippen LogP contribution in [0.25, 0.3) is 5.76 Å². The molecule has 2 heterocycles. The Bertz CT molecular complexity index is 1470. The summed E-state index contributed by atoms with van der Waals surface area (Å²) in [7, 11) is 0. The summed E-state index contributed by atoms with van der Waals surface area (Å²) in [6.07, 6.45) is 3.05. The van der Waals surface area contributed by atoms with Crippen LogP contribution in [0.4, 0.5) is 5.13 Å². The number of esters is 1. The van der Waals surface area contributed by atoms with Gasteiger partial charge in [-0.15, -0.1) is 0 Å². The Hall–Kier alpha value is -4.70. The lowest BCUT2D eigenvalue weighted by molar-refractivity contribution is -0.132. The molecule has 0 radical (unpaired) electrons. The highest BCUT2D eigenvalue weighted by molar-refractivity contribution is 7.17. The summed E-state index contributed by atoms with van der Waals surface area (Å²) in [5, 5.41) is 11.5. The van der Waals surface area contributed by atoms with Crippen LogP contribution in [0.5, 0.6) is 11.5 Å². The summed E-state index contributed by atoms with van der Waals surface area (Å²) >= 11 is 0.929. The molecule has 0 bridgehead atoms. The number of aromatic nitrogens is 1. The SMILES string of the molecule is C=CCOC(=O)c1sc(N2C(=O)C(=O)/C(=C(/O)c3ccc(OCC=C)cc3)C2c2ccc(OCC)cc2)nc1C. The van der Waals surface area contributed by atoms with Crippen LogP contribution >= 0.6 is 11.3 Å². The number of amides is 1. The Morgan fingerprint density at radius 2 is 1.65 bits per heavy atom. The van der Waals surface area contributed by atoms with Gasteiger partial charge in [-0.25, -0.2) is 9.78 Å². The number of aliphatic hydroxyl groups is 1. The van der Waals surface area contributed by atoms with E-state index in [9.17, 15) is 19.5 Å². The fraction of sp³-hybridized carbons (Fsp3) is 0.200. The lowest BCUT2D eigenvalue weighted by Crippen LogP contribution is -2.29. The minimum atomic E-state index is -1.02. The standard InChI is InChI=1S/C30H28N2O7S/c1-5-16-38-22-14-10-20(11-15-22)25(33)23-24(19-8-12-21(13-9-19)37-7-3)32(28(35)26(23)34)30-31-18(4)27(40-30)29(36)39-17-6-2/h5-6,8-15,24,33H,1-2,7,16-17H2,3-4H3/b25-23+. The van der Waals surface area contributed by atoms with E-state index in [1.54, 1.807) is 61.5 Å². The van der Waals surface area contributed by atoms with Gasteiger partial charge in [0.25, 0.3) is 5.78 Å². The minimum Gasteiger partial charge on any atom is -0.507 e. The van der Waals surface area contributed by atoms with E-state index in [1.807, 2.05) is 6.92 Å². The van der Waals surface area contributed by atoms with Crippen molar-refractivity contribution in [2.24, 2.45) is 0 Å². The van der Waals surface area contributed by atoms with Crippen LogP contribution in [0, 0.1) is 6.92 Å². The maximum atomic E-state index is 13.5. The van der Waals surface area contributed by atoms with E-state index in [1.165, 1.54) is 11.0 Å². The molecule has 0 saturated carbocycles. The third-order valence-electron chi connectivity index (χ3n) is 5.96. The number of hydrogen-bond donors (Lipinski definition) is 1. The fourth-order valence-electron chi connectivity index (χ4n) is 4.15. The maximum Gasteiger partial charge on any atom is 0.350 e. The van der Waals surface area contributed by atoms with Crippen molar-refractivity contribution in [2.75, 3.05) is 24.7 Å². The first-order chi connectivity index (χ1) is 19.3. The molecule has 1 saturated heterocycles. The normalized spacial score (nSPS) is 16.1. The maximum absolute atomic E-state index is 13.5. The smallest absolute Gasteiger partial charge is 0.350 e. The van der Waals surface area contributed by atoms with Crippen molar-refractivity contribution in [3.8, 4) is 11.5 Å². The first kappa shape index (κ1) is 28.3. The molecular formula is C30H28N2O7S.